The zero-order chi connectivity index (χ0) is 13.9. The van der Waals surface area contributed by atoms with E-state index in [2.05, 4.69) is 29.2 Å². The first-order valence-corrected chi connectivity index (χ1v) is 7.12. The van der Waals surface area contributed by atoms with Crippen molar-refractivity contribution in [3.8, 4) is 5.75 Å². The molecular formula is C17H20N2O. The van der Waals surface area contributed by atoms with E-state index in [1.165, 1.54) is 11.3 Å². The van der Waals surface area contributed by atoms with Gasteiger partial charge in [-0.1, -0.05) is 18.2 Å². The van der Waals surface area contributed by atoms with Gasteiger partial charge in [-0.15, -0.1) is 0 Å². The summed E-state index contributed by atoms with van der Waals surface area (Å²) in [6.07, 6.45) is 1.11. The van der Waals surface area contributed by atoms with Gasteiger partial charge in [0.2, 0.25) is 0 Å². The van der Waals surface area contributed by atoms with Crippen LogP contribution in [0.2, 0.25) is 0 Å². The molecule has 0 bridgehead atoms. The second-order valence-corrected chi connectivity index (χ2v) is 5.10. The Morgan fingerprint density at radius 1 is 1.20 bits per heavy atom. The molecule has 2 aromatic rings. The maximum atomic E-state index is 5.92. The molecule has 1 aliphatic rings. The highest BCUT2D eigenvalue weighted by atomic mass is 16.5. The second kappa shape index (κ2) is 5.45. The Kier molecular flexibility index (Phi) is 3.50. The van der Waals surface area contributed by atoms with Crippen molar-refractivity contribution in [1.82, 2.24) is 0 Å². The minimum Gasteiger partial charge on any atom is -0.494 e. The Bertz CT molecular complexity index is 610. The minimum absolute atomic E-state index is 0.674. The Morgan fingerprint density at radius 3 is 2.90 bits per heavy atom. The van der Waals surface area contributed by atoms with Crippen LogP contribution < -0.4 is 15.4 Å². The first-order chi connectivity index (χ1) is 9.78. The van der Waals surface area contributed by atoms with Gasteiger partial charge in [0.05, 0.1) is 6.61 Å². The number of fused-ring (bicyclic) bond motifs is 1. The average molecular weight is 268 g/mol. The molecule has 2 aromatic carbocycles. The number of benzene rings is 2. The van der Waals surface area contributed by atoms with E-state index in [1.807, 2.05) is 25.1 Å². The monoisotopic (exact) mass is 268 g/mol. The summed E-state index contributed by atoms with van der Waals surface area (Å²) in [7, 11) is 0. The van der Waals surface area contributed by atoms with E-state index in [0.717, 1.165) is 36.5 Å². The van der Waals surface area contributed by atoms with Crippen LogP contribution in [0.5, 0.6) is 5.75 Å². The number of ether oxygens (including phenoxy) is 1. The highest BCUT2D eigenvalue weighted by molar-refractivity contribution is 5.59. The van der Waals surface area contributed by atoms with E-state index in [0.29, 0.717) is 6.61 Å². The lowest BCUT2D eigenvalue weighted by atomic mass is 10.1. The lowest BCUT2D eigenvalue weighted by molar-refractivity contribution is 0.336. The molecule has 0 fully saturated rings. The van der Waals surface area contributed by atoms with Crippen LogP contribution >= 0.6 is 0 Å². The maximum absolute atomic E-state index is 5.92. The largest absolute Gasteiger partial charge is 0.494 e. The normalized spacial score (nSPS) is 13.3. The molecule has 0 saturated carbocycles. The lowest BCUT2D eigenvalue weighted by Crippen LogP contribution is -2.20. The molecule has 1 aliphatic heterocycles. The summed E-state index contributed by atoms with van der Waals surface area (Å²) in [5.74, 6) is 0.936. The molecule has 0 spiro atoms. The van der Waals surface area contributed by atoms with Gasteiger partial charge in [-0.2, -0.15) is 0 Å². The summed E-state index contributed by atoms with van der Waals surface area (Å²) in [4.78, 5) is 2.40. The quantitative estimate of drug-likeness (QED) is 0.865. The SMILES string of the molecule is CCOc1ccc(N)cc1CN1CCc2ccccc21. The number of hydrogen-bond donors (Lipinski definition) is 1. The predicted octanol–water partition coefficient (Wildman–Crippen LogP) is 3.23. The summed E-state index contributed by atoms with van der Waals surface area (Å²) in [6.45, 7) is 4.58. The minimum atomic E-state index is 0.674. The van der Waals surface area contributed by atoms with E-state index in [4.69, 9.17) is 10.5 Å². The van der Waals surface area contributed by atoms with Gasteiger partial charge < -0.3 is 15.4 Å². The van der Waals surface area contributed by atoms with Crippen molar-refractivity contribution in [2.24, 2.45) is 0 Å². The molecular weight excluding hydrogens is 248 g/mol. The van der Waals surface area contributed by atoms with Crippen LogP contribution in [0.4, 0.5) is 11.4 Å². The Balaban J connectivity index is 1.87. The summed E-state index contributed by atoms with van der Waals surface area (Å²) in [5, 5.41) is 0. The second-order valence-electron chi connectivity index (χ2n) is 5.10. The number of nitrogens with two attached hydrogens (primary N) is 1. The van der Waals surface area contributed by atoms with E-state index in [9.17, 15) is 0 Å². The predicted molar refractivity (Wildman–Crippen MR) is 83.2 cm³/mol. The van der Waals surface area contributed by atoms with Crippen LogP contribution in [0, 0.1) is 0 Å². The van der Waals surface area contributed by atoms with Crippen LogP contribution in [-0.2, 0) is 13.0 Å². The molecule has 3 nitrogen and oxygen atoms in total. The first kappa shape index (κ1) is 12.9. The van der Waals surface area contributed by atoms with Gasteiger partial charge in [0.15, 0.2) is 0 Å². The number of para-hydroxylation sites is 1. The number of anilines is 2. The van der Waals surface area contributed by atoms with Crippen LogP contribution in [0.3, 0.4) is 0 Å². The maximum Gasteiger partial charge on any atom is 0.124 e. The molecule has 104 valence electrons. The fourth-order valence-electron chi connectivity index (χ4n) is 2.80. The lowest BCUT2D eigenvalue weighted by Gasteiger charge is -2.21. The Labute approximate surface area is 120 Å². The van der Waals surface area contributed by atoms with Gasteiger partial charge >= 0.3 is 0 Å². The van der Waals surface area contributed by atoms with Gasteiger partial charge in [-0.25, -0.2) is 0 Å². The molecule has 2 N–H and O–H groups in total. The number of nitrogen functional groups attached to an aromatic ring is 1. The Hall–Kier alpha value is -2.16. The molecule has 0 saturated heterocycles. The Morgan fingerprint density at radius 2 is 2.05 bits per heavy atom. The third kappa shape index (κ3) is 2.44. The first-order valence-electron chi connectivity index (χ1n) is 7.12. The summed E-state index contributed by atoms with van der Waals surface area (Å²) in [5.41, 5.74) is 10.6. The van der Waals surface area contributed by atoms with Crippen molar-refractivity contribution >= 4 is 11.4 Å². The third-order valence-electron chi connectivity index (χ3n) is 3.73. The van der Waals surface area contributed by atoms with Gasteiger partial charge in [-0.05, 0) is 43.2 Å². The summed E-state index contributed by atoms with van der Waals surface area (Å²) in [6, 6.07) is 14.5. The van der Waals surface area contributed by atoms with Crippen LogP contribution in [-0.4, -0.2) is 13.2 Å². The van der Waals surface area contributed by atoms with E-state index in [-0.39, 0.29) is 0 Å². The molecule has 0 unspecified atom stereocenters. The molecule has 0 aliphatic carbocycles. The average Bonchev–Trinajstić information content (AvgIpc) is 2.86. The van der Waals surface area contributed by atoms with Gasteiger partial charge in [0.1, 0.15) is 5.75 Å². The van der Waals surface area contributed by atoms with Crippen molar-refractivity contribution < 1.29 is 4.74 Å². The van der Waals surface area contributed by atoms with Gasteiger partial charge in [-0.3, -0.25) is 0 Å². The number of hydrogen-bond acceptors (Lipinski definition) is 3. The molecule has 0 atom stereocenters. The molecule has 20 heavy (non-hydrogen) atoms. The van der Waals surface area contributed by atoms with Crippen molar-refractivity contribution in [1.29, 1.82) is 0 Å². The van der Waals surface area contributed by atoms with Crippen LogP contribution in [0.15, 0.2) is 42.5 Å². The molecule has 0 amide bonds. The number of rotatable bonds is 4. The summed E-state index contributed by atoms with van der Waals surface area (Å²) >= 11 is 0. The zero-order valence-corrected chi connectivity index (χ0v) is 11.8. The van der Waals surface area contributed by atoms with Gasteiger partial charge in [0, 0.05) is 30.0 Å². The fourth-order valence-corrected chi connectivity index (χ4v) is 2.80. The summed E-state index contributed by atoms with van der Waals surface area (Å²) < 4.78 is 5.71. The van der Waals surface area contributed by atoms with Crippen LogP contribution in [0.25, 0.3) is 0 Å². The van der Waals surface area contributed by atoms with Crippen molar-refractivity contribution in [2.45, 2.75) is 19.9 Å². The van der Waals surface area contributed by atoms with Crippen molar-refractivity contribution in [3.63, 3.8) is 0 Å². The third-order valence-corrected chi connectivity index (χ3v) is 3.73. The highest BCUT2D eigenvalue weighted by Gasteiger charge is 2.19. The molecule has 3 rings (SSSR count). The highest BCUT2D eigenvalue weighted by Crippen LogP contribution is 2.31. The van der Waals surface area contributed by atoms with E-state index < -0.39 is 0 Å². The molecule has 1 heterocycles. The molecule has 0 aromatic heterocycles. The molecule has 0 radical (unpaired) electrons. The number of nitrogens with zero attached hydrogens (tertiary/aromatic N) is 1. The van der Waals surface area contributed by atoms with Crippen molar-refractivity contribution in [2.75, 3.05) is 23.8 Å². The zero-order valence-electron chi connectivity index (χ0n) is 11.8. The fraction of sp³-hybridized carbons (Fsp3) is 0.294. The van der Waals surface area contributed by atoms with Crippen molar-refractivity contribution in [3.05, 3.63) is 53.6 Å². The smallest absolute Gasteiger partial charge is 0.124 e. The van der Waals surface area contributed by atoms with Crippen LogP contribution in [0.1, 0.15) is 18.1 Å². The standard InChI is InChI=1S/C17H20N2O/c1-2-20-17-8-7-15(18)11-14(17)12-19-10-9-13-5-3-4-6-16(13)19/h3-8,11H,2,9-10,12,18H2,1H3. The van der Waals surface area contributed by atoms with E-state index >= 15 is 0 Å². The van der Waals surface area contributed by atoms with Gasteiger partial charge in [0.25, 0.3) is 0 Å². The topological polar surface area (TPSA) is 38.5 Å². The van der Waals surface area contributed by atoms with E-state index in [1.54, 1.807) is 0 Å². The molecule has 3 heteroatoms.